The number of carbonyl (C=O) groups excluding carboxylic acids is 2. The van der Waals surface area contributed by atoms with Crippen molar-refractivity contribution in [1.82, 2.24) is 8.61 Å². The molecule has 0 aromatic heterocycles. The first-order valence-electron chi connectivity index (χ1n) is 18.2. The number of benzene rings is 4. The molecule has 10 nitrogen and oxygen atoms in total. The minimum atomic E-state index is -3.86. The van der Waals surface area contributed by atoms with Crippen LogP contribution in [0.15, 0.2) is 99.2 Å². The molecule has 282 valence electrons. The monoisotopic (exact) mass is 830 g/mol. The third kappa shape index (κ3) is 8.58. The number of hydrogen-bond acceptors (Lipinski definition) is 6. The summed E-state index contributed by atoms with van der Waals surface area (Å²) in [5.41, 5.74) is 5.36. The fourth-order valence-corrected chi connectivity index (χ4v) is 11.4. The largest absolute Gasteiger partial charge is 0.325 e. The predicted octanol–water partition coefficient (Wildman–Crippen LogP) is 5.59. The molecular weight excluding hydrogens is 787 g/mol. The van der Waals surface area contributed by atoms with Crippen LogP contribution < -0.4 is 16.1 Å². The van der Waals surface area contributed by atoms with E-state index >= 15 is 0 Å². The third-order valence-corrected chi connectivity index (χ3v) is 14.5. The number of rotatable bonds is 12. The molecule has 0 saturated carbocycles. The van der Waals surface area contributed by atoms with Crippen LogP contribution in [-0.4, -0.2) is 70.3 Å². The lowest BCUT2D eigenvalue weighted by atomic mass is 9.94. The van der Waals surface area contributed by atoms with Crippen molar-refractivity contribution in [1.29, 1.82) is 0 Å². The van der Waals surface area contributed by atoms with Gasteiger partial charge in [-0.15, -0.1) is 0 Å². The molecule has 2 atom stereocenters. The van der Waals surface area contributed by atoms with Crippen LogP contribution in [0.25, 0.3) is 12.2 Å². The first kappa shape index (κ1) is 39.6. The van der Waals surface area contributed by atoms with Gasteiger partial charge in [0.1, 0.15) is 19.9 Å². The lowest BCUT2D eigenvalue weighted by Crippen LogP contribution is -2.43. The normalized spacial score (nSPS) is 18.3. The van der Waals surface area contributed by atoms with Crippen molar-refractivity contribution in [3.8, 4) is 0 Å². The zero-order valence-electron chi connectivity index (χ0n) is 30.6. The van der Waals surface area contributed by atoms with E-state index in [0.717, 1.165) is 26.6 Å². The molecule has 2 amide bonds. The average Bonchev–Trinajstić information content (AvgIpc) is 3.87. The minimum absolute atomic E-state index is 0.233. The van der Waals surface area contributed by atoms with Gasteiger partial charge in [0.15, 0.2) is 0 Å². The van der Waals surface area contributed by atoms with Crippen LogP contribution in [0.3, 0.4) is 0 Å². The number of hydrogen-bond donors (Lipinski definition) is 2. The highest BCUT2D eigenvalue weighted by Crippen LogP contribution is 2.32. The second-order valence-corrected chi connectivity index (χ2v) is 18.3. The van der Waals surface area contributed by atoms with Crippen molar-refractivity contribution in [3.05, 3.63) is 112 Å². The number of halogens is 1. The first-order valence-corrected chi connectivity index (χ1v) is 21.9. The van der Waals surface area contributed by atoms with Crippen molar-refractivity contribution in [2.24, 2.45) is 0 Å². The van der Waals surface area contributed by atoms with Crippen molar-refractivity contribution >= 4 is 84.6 Å². The van der Waals surface area contributed by atoms with E-state index in [1.807, 2.05) is 64.2 Å². The Balaban J connectivity index is 1.05. The van der Waals surface area contributed by atoms with E-state index in [0.29, 0.717) is 62.0 Å². The molecule has 2 N–H and O–H groups in total. The molecule has 2 heterocycles. The second kappa shape index (κ2) is 16.7. The molecule has 0 unspecified atom stereocenters. The van der Waals surface area contributed by atoms with Gasteiger partial charge in [-0.2, -0.15) is 8.61 Å². The molecular formula is C40H44BBrN4O6S2. The smallest absolute Gasteiger partial charge is 0.244 e. The van der Waals surface area contributed by atoms with E-state index in [9.17, 15) is 26.4 Å². The van der Waals surface area contributed by atoms with Crippen LogP contribution in [0.1, 0.15) is 61.8 Å². The molecule has 4 aromatic rings. The van der Waals surface area contributed by atoms with Crippen LogP contribution in [0.2, 0.25) is 0 Å². The van der Waals surface area contributed by atoms with Gasteiger partial charge in [0.25, 0.3) is 0 Å². The molecule has 4 aromatic carbocycles. The maximum absolute atomic E-state index is 13.7. The number of anilines is 2. The highest BCUT2D eigenvalue weighted by molar-refractivity contribution is 9.10. The SMILES string of the molecule is Bc1ccc(S(=O)(=O)N2CCC[C@H]2C(=O)Nc2ccc(/C=C/c3ccc(NC(=O)[C@@H]4CCCN4S(=O)(=O)c4ccc(Br)cc4CC)cc3)cc2)c(CC)c1. The molecule has 0 radical (unpaired) electrons. The maximum atomic E-state index is 13.7. The van der Waals surface area contributed by atoms with Gasteiger partial charge in [0.2, 0.25) is 31.9 Å². The number of nitrogens with zero attached hydrogens (tertiary/aromatic N) is 2. The predicted molar refractivity (Wildman–Crippen MR) is 220 cm³/mol. The Hall–Kier alpha value is -4.08. The Bertz CT molecular complexity index is 2120. The van der Waals surface area contributed by atoms with E-state index in [1.54, 1.807) is 54.6 Å². The van der Waals surface area contributed by atoms with Gasteiger partial charge in [-0.1, -0.05) is 83.8 Å². The van der Waals surface area contributed by atoms with Gasteiger partial charge >= 0.3 is 0 Å². The number of carbonyl (C=O) groups is 2. The van der Waals surface area contributed by atoms with Crippen LogP contribution >= 0.6 is 15.9 Å². The summed E-state index contributed by atoms with van der Waals surface area (Å²) in [6.45, 7) is 4.42. The van der Waals surface area contributed by atoms with Crippen molar-refractivity contribution in [2.75, 3.05) is 23.7 Å². The molecule has 14 heteroatoms. The van der Waals surface area contributed by atoms with Gasteiger partial charge in [0, 0.05) is 28.9 Å². The lowest BCUT2D eigenvalue weighted by molar-refractivity contribution is -0.119. The maximum Gasteiger partial charge on any atom is 0.244 e. The van der Waals surface area contributed by atoms with E-state index in [2.05, 4.69) is 26.6 Å². The first-order chi connectivity index (χ1) is 25.8. The molecule has 0 bridgehead atoms. The van der Waals surface area contributed by atoms with Crippen LogP contribution in [-0.2, 0) is 42.5 Å². The van der Waals surface area contributed by atoms with Gasteiger partial charge < -0.3 is 10.6 Å². The highest BCUT2D eigenvalue weighted by atomic mass is 79.9. The number of aryl methyl sites for hydroxylation is 2. The number of sulfonamides is 2. The number of amides is 2. The topological polar surface area (TPSA) is 133 Å². The Labute approximate surface area is 327 Å². The molecule has 2 saturated heterocycles. The summed E-state index contributed by atoms with van der Waals surface area (Å²) in [7, 11) is -5.77. The standard InChI is InChI=1S/C40H44BBrN4O6S2/c1-3-29-25-31(41)15-21-37(29)53(49,50)45-23-5-7-35(45)39(47)43-33-17-11-27(12-18-33)9-10-28-13-19-34(20-14-28)44-40(48)36-8-6-24-46(36)54(51,52)38-22-16-32(42)26-30(38)4-2/h9-22,25-26,35-36H,3-8,23-24,41H2,1-2H3,(H,43,47)(H,44,48)/b10-9+/t35-,36-/m0/s1. The van der Waals surface area contributed by atoms with Crippen LogP contribution in [0, 0.1) is 0 Å². The van der Waals surface area contributed by atoms with E-state index in [1.165, 1.54) is 8.61 Å². The summed E-state index contributed by atoms with van der Waals surface area (Å²) in [6, 6.07) is 23.4. The Kier molecular flexibility index (Phi) is 12.3. The summed E-state index contributed by atoms with van der Waals surface area (Å²) < 4.78 is 58.1. The Morgan fingerprint density at radius 2 is 1.11 bits per heavy atom. The van der Waals surface area contributed by atoms with E-state index in [4.69, 9.17) is 0 Å². The van der Waals surface area contributed by atoms with Gasteiger partial charge in [-0.25, -0.2) is 16.8 Å². The van der Waals surface area contributed by atoms with Crippen molar-refractivity contribution in [3.63, 3.8) is 0 Å². The fourth-order valence-electron chi connectivity index (χ4n) is 7.14. The molecule has 54 heavy (non-hydrogen) atoms. The van der Waals surface area contributed by atoms with Crippen molar-refractivity contribution < 1.29 is 26.4 Å². The minimum Gasteiger partial charge on any atom is -0.325 e. The van der Waals surface area contributed by atoms with E-state index in [-0.39, 0.29) is 28.2 Å². The average molecular weight is 832 g/mol. The van der Waals surface area contributed by atoms with Gasteiger partial charge in [-0.05, 0) is 109 Å². The molecule has 2 aliphatic heterocycles. The summed E-state index contributed by atoms with van der Waals surface area (Å²) >= 11 is 3.42. The quantitative estimate of drug-likeness (QED) is 0.142. The zero-order chi connectivity index (χ0) is 38.6. The summed E-state index contributed by atoms with van der Waals surface area (Å²) in [5, 5.41) is 5.80. The summed E-state index contributed by atoms with van der Waals surface area (Å²) in [5.74, 6) is -0.713. The lowest BCUT2D eigenvalue weighted by Gasteiger charge is -2.24. The molecule has 0 spiro atoms. The zero-order valence-corrected chi connectivity index (χ0v) is 33.8. The highest BCUT2D eigenvalue weighted by Gasteiger charge is 2.41. The van der Waals surface area contributed by atoms with Crippen molar-refractivity contribution in [2.45, 2.75) is 74.2 Å². The Morgan fingerprint density at radius 1 is 0.685 bits per heavy atom. The molecule has 6 rings (SSSR count). The fraction of sp³-hybridized carbons (Fsp3) is 0.300. The third-order valence-electron chi connectivity index (χ3n) is 10.0. The van der Waals surface area contributed by atoms with Gasteiger partial charge in [-0.3, -0.25) is 9.59 Å². The summed E-state index contributed by atoms with van der Waals surface area (Å²) in [6.07, 6.45) is 7.08. The second-order valence-electron chi connectivity index (χ2n) is 13.7. The molecule has 2 fully saturated rings. The summed E-state index contributed by atoms with van der Waals surface area (Å²) in [4.78, 5) is 27.2. The Morgan fingerprint density at radius 3 is 1.56 bits per heavy atom. The van der Waals surface area contributed by atoms with Crippen LogP contribution in [0.5, 0.6) is 0 Å². The molecule has 2 aliphatic rings. The van der Waals surface area contributed by atoms with E-state index < -0.39 is 32.1 Å². The molecule has 0 aliphatic carbocycles. The van der Waals surface area contributed by atoms with Gasteiger partial charge in [0.05, 0.1) is 9.79 Å². The van der Waals surface area contributed by atoms with Crippen LogP contribution in [0.4, 0.5) is 11.4 Å². The number of nitrogens with one attached hydrogen (secondary N) is 2.